The van der Waals surface area contributed by atoms with Crippen molar-refractivity contribution in [2.24, 2.45) is 0 Å². The van der Waals surface area contributed by atoms with Gasteiger partial charge in [0.05, 0.1) is 18.5 Å². The van der Waals surface area contributed by atoms with E-state index in [-0.39, 0.29) is 18.2 Å². The second-order valence-electron chi connectivity index (χ2n) is 6.08. The number of imide groups is 1. The molecule has 2 aromatic rings. The Labute approximate surface area is 147 Å². The van der Waals surface area contributed by atoms with Gasteiger partial charge in [-0.05, 0) is 42.2 Å². The number of rotatable bonds is 5. The molecule has 130 valence electrons. The number of para-hydroxylation sites is 1. The highest BCUT2D eigenvalue weighted by atomic mass is 16.5. The van der Waals surface area contributed by atoms with E-state index in [4.69, 9.17) is 4.74 Å². The molecule has 0 aliphatic carbocycles. The van der Waals surface area contributed by atoms with Crippen LogP contribution in [0.2, 0.25) is 0 Å². The average Bonchev–Trinajstić information content (AvgIpc) is 3.10. The fourth-order valence-electron chi connectivity index (χ4n) is 3.14. The molecular formula is C20H22N2O3. The van der Waals surface area contributed by atoms with Gasteiger partial charge in [0.25, 0.3) is 0 Å². The summed E-state index contributed by atoms with van der Waals surface area (Å²) in [5.41, 5.74) is 3.73. The third-order valence-corrected chi connectivity index (χ3v) is 4.42. The molecule has 0 radical (unpaired) electrons. The Bertz CT molecular complexity index is 784. The summed E-state index contributed by atoms with van der Waals surface area (Å²) in [7, 11) is 1.62. The number of amides is 2. The Morgan fingerprint density at radius 1 is 1.16 bits per heavy atom. The van der Waals surface area contributed by atoms with Crippen molar-refractivity contribution in [3.05, 3.63) is 53.6 Å². The first-order valence-corrected chi connectivity index (χ1v) is 8.42. The molecular weight excluding hydrogens is 316 g/mol. The SMILES string of the molecule is COc1ccc(CCC(=O)N(C(C)=O)c2cccc3c2NCC3)cc1. The molecule has 5 nitrogen and oxygen atoms in total. The van der Waals surface area contributed by atoms with E-state index >= 15 is 0 Å². The molecule has 0 atom stereocenters. The lowest BCUT2D eigenvalue weighted by molar-refractivity contribution is -0.125. The van der Waals surface area contributed by atoms with E-state index in [1.54, 1.807) is 7.11 Å². The summed E-state index contributed by atoms with van der Waals surface area (Å²) < 4.78 is 5.14. The van der Waals surface area contributed by atoms with Gasteiger partial charge in [-0.1, -0.05) is 24.3 Å². The van der Waals surface area contributed by atoms with Crippen LogP contribution in [0, 0.1) is 0 Å². The quantitative estimate of drug-likeness (QED) is 0.910. The van der Waals surface area contributed by atoms with Crippen LogP contribution in [0.4, 0.5) is 11.4 Å². The van der Waals surface area contributed by atoms with Crippen molar-refractivity contribution in [1.82, 2.24) is 0 Å². The maximum absolute atomic E-state index is 12.7. The number of hydrogen-bond acceptors (Lipinski definition) is 4. The molecule has 0 saturated heterocycles. The minimum absolute atomic E-state index is 0.189. The fraction of sp³-hybridized carbons (Fsp3) is 0.300. The van der Waals surface area contributed by atoms with Crippen LogP contribution >= 0.6 is 0 Å². The second kappa shape index (κ2) is 7.38. The minimum atomic E-state index is -0.262. The van der Waals surface area contributed by atoms with Crippen LogP contribution < -0.4 is 15.0 Å². The number of hydrogen-bond donors (Lipinski definition) is 1. The number of anilines is 2. The lowest BCUT2D eigenvalue weighted by Gasteiger charge is -2.22. The highest BCUT2D eigenvalue weighted by Gasteiger charge is 2.25. The van der Waals surface area contributed by atoms with Crippen LogP contribution in [-0.2, 0) is 22.4 Å². The summed E-state index contributed by atoms with van der Waals surface area (Å²) in [6.45, 7) is 2.26. The Morgan fingerprint density at radius 2 is 1.92 bits per heavy atom. The number of benzene rings is 2. The molecule has 1 aliphatic heterocycles. The van der Waals surface area contributed by atoms with E-state index in [0.29, 0.717) is 12.1 Å². The van der Waals surface area contributed by atoms with Gasteiger partial charge in [-0.3, -0.25) is 9.59 Å². The maximum Gasteiger partial charge on any atom is 0.234 e. The molecule has 1 heterocycles. The van der Waals surface area contributed by atoms with E-state index in [0.717, 1.165) is 35.5 Å². The molecule has 0 saturated carbocycles. The number of fused-ring (bicyclic) bond motifs is 1. The predicted molar refractivity (Wildman–Crippen MR) is 98.1 cm³/mol. The zero-order valence-electron chi connectivity index (χ0n) is 14.5. The number of carbonyl (C=O) groups is 2. The lowest BCUT2D eigenvalue weighted by atomic mass is 10.1. The standard InChI is InChI=1S/C20H22N2O3/c1-14(23)22(18-5-3-4-16-12-13-21-20(16)18)19(24)11-8-15-6-9-17(25-2)10-7-15/h3-7,9-10,21H,8,11-13H2,1-2H3. The molecule has 5 heteroatoms. The van der Waals surface area contributed by atoms with Gasteiger partial charge in [-0.15, -0.1) is 0 Å². The normalized spacial score (nSPS) is 12.2. The van der Waals surface area contributed by atoms with E-state index in [2.05, 4.69) is 5.32 Å². The van der Waals surface area contributed by atoms with Crippen molar-refractivity contribution >= 4 is 23.2 Å². The first kappa shape index (κ1) is 17.0. The minimum Gasteiger partial charge on any atom is -0.497 e. The Morgan fingerprint density at radius 3 is 2.60 bits per heavy atom. The van der Waals surface area contributed by atoms with E-state index in [1.165, 1.54) is 11.8 Å². The van der Waals surface area contributed by atoms with Gasteiger partial charge in [-0.2, -0.15) is 0 Å². The molecule has 1 N–H and O–H groups in total. The summed E-state index contributed by atoms with van der Waals surface area (Å²) in [6, 6.07) is 13.4. The number of nitrogens with one attached hydrogen (secondary N) is 1. The third kappa shape index (κ3) is 3.65. The molecule has 0 bridgehead atoms. The second-order valence-corrected chi connectivity index (χ2v) is 6.08. The highest BCUT2D eigenvalue weighted by molar-refractivity contribution is 6.16. The van der Waals surface area contributed by atoms with Gasteiger partial charge >= 0.3 is 0 Å². The van der Waals surface area contributed by atoms with E-state index in [1.807, 2.05) is 42.5 Å². The van der Waals surface area contributed by atoms with Crippen molar-refractivity contribution in [1.29, 1.82) is 0 Å². The Balaban J connectivity index is 1.75. The predicted octanol–water partition coefficient (Wildman–Crippen LogP) is 3.18. The first-order valence-electron chi connectivity index (χ1n) is 8.42. The number of carbonyl (C=O) groups excluding carboxylic acids is 2. The number of aryl methyl sites for hydroxylation is 1. The van der Waals surface area contributed by atoms with Gasteiger partial charge < -0.3 is 10.1 Å². The van der Waals surface area contributed by atoms with Crippen LogP contribution in [0.1, 0.15) is 24.5 Å². The van der Waals surface area contributed by atoms with Gasteiger partial charge in [-0.25, -0.2) is 4.90 Å². The average molecular weight is 338 g/mol. The molecule has 25 heavy (non-hydrogen) atoms. The van der Waals surface area contributed by atoms with Crippen molar-refractivity contribution in [2.45, 2.75) is 26.2 Å². The smallest absolute Gasteiger partial charge is 0.234 e. The van der Waals surface area contributed by atoms with Crippen molar-refractivity contribution in [3.8, 4) is 5.75 Å². The van der Waals surface area contributed by atoms with Crippen molar-refractivity contribution < 1.29 is 14.3 Å². The van der Waals surface area contributed by atoms with Crippen LogP contribution in [0.5, 0.6) is 5.75 Å². The molecule has 3 rings (SSSR count). The van der Waals surface area contributed by atoms with Gasteiger partial charge in [0.1, 0.15) is 5.75 Å². The van der Waals surface area contributed by atoms with Gasteiger partial charge in [0.15, 0.2) is 0 Å². The van der Waals surface area contributed by atoms with Crippen LogP contribution in [-0.4, -0.2) is 25.5 Å². The van der Waals surface area contributed by atoms with Crippen LogP contribution in [0.25, 0.3) is 0 Å². The summed E-state index contributed by atoms with van der Waals surface area (Å²) in [4.78, 5) is 26.2. The molecule has 0 aromatic heterocycles. The Kier molecular flexibility index (Phi) is 5.03. The fourth-order valence-corrected chi connectivity index (χ4v) is 3.14. The summed E-state index contributed by atoms with van der Waals surface area (Å²) >= 11 is 0. The zero-order chi connectivity index (χ0) is 17.8. The molecule has 0 spiro atoms. The highest BCUT2D eigenvalue weighted by Crippen LogP contribution is 2.34. The number of nitrogens with zero attached hydrogens (tertiary/aromatic N) is 1. The molecule has 2 aromatic carbocycles. The molecule has 2 amide bonds. The summed E-state index contributed by atoms with van der Waals surface area (Å²) in [6.07, 6.45) is 1.76. The lowest BCUT2D eigenvalue weighted by Crippen LogP contribution is -2.35. The number of methoxy groups -OCH3 is 1. The van der Waals surface area contributed by atoms with Gasteiger partial charge in [0.2, 0.25) is 11.8 Å². The molecule has 0 fully saturated rings. The number of ether oxygens (including phenoxy) is 1. The molecule has 0 unspecified atom stereocenters. The summed E-state index contributed by atoms with van der Waals surface area (Å²) in [5.74, 6) is 0.332. The van der Waals surface area contributed by atoms with Crippen LogP contribution in [0.3, 0.4) is 0 Å². The van der Waals surface area contributed by atoms with E-state index in [9.17, 15) is 9.59 Å². The Hall–Kier alpha value is -2.82. The largest absolute Gasteiger partial charge is 0.497 e. The van der Waals surface area contributed by atoms with Crippen molar-refractivity contribution in [3.63, 3.8) is 0 Å². The van der Waals surface area contributed by atoms with Gasteiger partial charge in [0, 0.05) is 19.9 Å². The summed E-state index contributed by atoms with van der Waals surface area (Å²) in [5, 5.41) is 3.29. The van der Waals surface area contributed by atoms with E-state index < -0.39 is 0 Å². The zero-order valence-corrected chi connectivity index (χ0v) is 14.5. The third-order valence-electron chi connectivity index (χ3n) is 4.42. The van der Waals surface area contributed by atoms with Crippen LogP contribution in [0.15, 0.2) is 42.5 Å². The molecule has 1 aliphatic rings. The van der Waals surface area contributed by atoms with Crippen molar-refractivity contribution in [2.75, 3.05) is 23.9 Å². The first-order chi connectivity index (χ1) is 12.1. The maximum atomic E-state index is 12.7. The monoisotopic (exact) mass is 338 g/mol. The topological polar surface area (TPSA) is 58.6 Å².